The Morgan fingerprint density at radius 1 is 1.25 bits per heavy atom. The summed E-state index contributed by atoms with van der Waals surface area (Å²) in [5.41, 5.74) is 0.757. The zero-order valence-electron chi connectivity index (χ0n) is 11.0. The largest absolute Gasteiger partial charge is 0.493 e. The highest BCUT2D eigenvalue weighted by Gasteiger charge is 2.17. The highest BCUT2D eigenvalue weighted by atomic mass is 79.9. The molecule has 108 valence electrons. The van der Waals surface area contributed by atoms with E-state index in [2.05, 4.69) is 15.9 Å². The van der Waals surface area contributed by atoms with Gasteiger partial charge >= 0.3 is 0 Å². The predicted octanol–water partition coefficient (Wildman–Crippen LogP) is 4.46. The van der Waals surface area contributed by atoms with Gasteiger partial charge in [-0.05, 0) is 29.8 Å². The number of hydrogen-bond acceptors (Lipinski definition) is 4. The normalized spacial score (nSPS) is 12.2. The van der Waals surface area contributed by atoms with Crippen LogP contribution >= 0.6 is 38.9 Å². The van der Waals surface area contributed by atoms with Crippen molar-refractivity contribution in [1.82, 2.24) is 0 Å². The third-order valence-corrected chi connectivity index (χ3v) is 4.83. The number of thiophene rings is 1. The van der Waals surface area contributed by atoms with Gasteiger partial charge in [0, 0.05) is 15.8 Å². The van der Waals surface area contributed by atoms with Gasteiger partial charge in [0.15, 0.2) is 11.5 Å². The average Bonchev–Trinajstić information content (AvgIpc) is 2.83. The van der Waals surface area contributed by atoms with E-state index in [1.54, 1.807) is 26.4 Å². The number of hydrogen-bond donors (Lipinski definition) is 1. The second-order valence-corrected chi connectivity index (χ2v) is 6.81. The van der Waals surface area contributed by atoms with Crippen LogP contribution in [-0.2, 0) is 6.42 Å². The fourth-order valence-electron chi connectivity index (χ4n) is 1.89. The molecule has 0 radical (unpaired) electrons. The molecular formula is C14H14BrClO3S. The SMILES string of the molecule is COc1cc(Br)c(C(O)Cc2ccc(Cl)s2)cc1OC. The minimum absolute atomic E-state index is 0.505. The second kappa shape index (κ2) is 6.80. The standard InChI is InChI=1S/C14H14BrClO3S/c1-18-12-6-9(10(15)7-13(12)19-2)11(17)5-8-3-4-14(16)20-8/h3-4,6-7,11,17H,5H2,1-2H3. The summed E-state index contributed by atoms with van der Waals surface area (Å²) in [7, 11) is 3.15. The molecule has 6 heteroatoms. The van der Waals surface area contributed by atoms with Crippen LogP contribution < -0.4 is 9.47 Å². The quantitative estimate of drug-likeness (QED) is 0.836. The van der Waals surface area contributed by atoms with Crippen LogP contribution in [-0.4, -0.2) is 19.3 Å². The Morgan fingerprint density at radius 2 is 1.90 bits per heavy atom. The van der Waals surface area contributed by atoms with Crippen LogP contribution in [0.25, 0.3) is 0 Å². The Morgan fingerprint density at radius 3 is 2.45 bits per heavy atom. The van der Waals surface area contributed by atoms with Crippen molar-refractivity contribution in [1.29, 1.82) is 0 Å². The van der Waals surface area contributed by atoms with E-state index in [1.807, 2.05) is 12.1 Å². The Labute approximate surface area is 135 Å². The average molecular weight is 378 g/mol. The lowest BCUT2D eigenvalue weighted by Gasteiger charge is -2.15. The van der Waals surface area contributed by atoms with Crippen molar-refractivity contribution < 1.29 is 14.6 Å². The molecule has 1 aromatic carbocycles. The van der Waals surface area contributed by atoms with Crippen molar-refractivity contribution in [2.45, 2.75) is 12.5 Å². The lowest BCUT2D eigenvalue weighted by molar-refractivity contribution is 0.178. The molecule has 1 N–H and O–H groups in total. The summed E-state index contributed by atoms with van der Waals surface area (Å²) in [6.07, 6.45) is -0.134. The van der Waals surface area contributed by atoms with Crippen molar-refractivity contribution in [2.75, 3.05) is 14.2 Å². The van der Waals surface area contributed by atoms with E-state index < -0.39 is 6.10 Å². The maximum absolute atomic E-state index is 10.4. The number of halogens is 2. The fourth-order valence-corrected chi connectivity index (χ4v) is 3.60. The summed E-state index contributed by atoms with van der Waals surface area (Å²) >= 11 is 10.8. The molecule has 2 aromatic rings. The van der Waals surface area contributed by atoms with Gasteiger partial charge in [-0.25, -0.2) is 0 Å². The summed E-state index contributed by atoms with van der Waals surface area (Å²) in [5, 5.41) is 10.4. The molecule has 0 amide bonds. The topological polar surface area (TPSA) is 38.7 Å². The third kappa shape index (κ3) is 3.47. The summed E-state index contributed by atoms with van der Waals surface area (Å²) in [6, 6.07) is 7.32. The van der Waals surface area contributed by atoms with E-state index in [-0.39, 0.29) is 0 Å². The number of benzene rings is 1. The first-order valence-electron chi connectivity index (χ1n) is 5.89. The Hall–Kier alpha value is -0.750. The van der Waals surface area contributed by atoms with Crippen LogP contribution in [0.3, 0.4) is 0 Å². The van der Waals surface area contributed by atoms with Crippen LogP contribution in [0.2, 0.25) is 4.34 Å². The summed E-state index contributed by atoms with van der Waals surface area (Å²) in [4.78, 5) is 1.03. The number of ether oxygens (including phenoxy) is 2. The van der Waals surface area contributed by atoms with Gasteiger partial charge in [0.25, 0.3) is 0 Å². The van der Waals surface area contributed by atoms with Crippen molar-refractivity contribution >= 4 is 38.9 Å². The van der Waals surface area contributed by atoms with Crippen LogP contribution in [0.5, 0.6) is 11.5 Å². The fraction of sp³-hybridized carbons (Fsp3) is 0.286. The maximum Gasteiger partial charge on any atom is 0.161 e. The molecular weight excluding hydrogens is 364 g/mol. The molecule has 20 heavy (non-hydrogen) atoms. The lowest BCUT2D eigenvalue weighted by atomic mass is 10.1. The molecule has 3 nitrogen and oxygen atoms in total. The van der Waals surface area contributed by atoms with Gasteiger partial charge in [-0.3, -0.25) is 0 Å². The van der Waals surface area contributed by atoms with E-state index in [9.17, 15) is 5.11 Å². The Bertz CT molecular complexity index is 600. The highest BCUT2D eigenvalue weighted by molar-refractivity contribution is 9.10. The molecule has 0 saturated carbocycles. The van der Waals surface area contributed by atoms with Gasteiger partial charge < -0.3 is 14.6 Å². The zero-order chi connectivity index (χ0) is 14.7. The van der Waals surface area contributed by atoms with Crippen molar-refractivity contribution in [3.63, 3.8) is 0 Å². The van der Waals surface area contributed by atoms with E-state index in [4.69, 9.17) is 21.1 Å². The molecule has 1 unspecified atom stereocenters. The van der Waals surface area contributed by atoms with Gasteiger partial charge in [-0.1, -0.05) is 27.5 Å². The van der Waals surface area contributed by atoms with E-state index in [1.165, 1.54) is 11.3 Å². The zero-order valence-corrected chi connectivity index (χ0v) is 14.2. The van der Waals surface area contributed by atoms with E-state index >= 15 is 0 Å². The van der Waals surface area contributed by atoms with Crippen molar-refractivity contribution in [2.24, 2.45) is 0 Å². The number of methoxy groups -OCH3 is 2. The third-order valence-electron chi connectivity index (χ3n) is 2.89. The molecule has 0 aliphatic rings. The van der Waals surface area contributed by atoms with Crippen LogP contribution in [0, 0.1) is 0 Å². The second-order valence-electron chi connectivity index (χ2n) is 4.15. The first kappa shape index (κ1) is 15.6. The number of aliphatic hydroxyl groups excluding tert-OH is 1. The molecule has 0 spiro atoms. The molecule has 2 rings (SSSR count). The molecule has 0 aliphatic carbocycles. The van der Waals surface area contributed by atoms with Crippen LogP contribution in [0.4, 0.5) is 0 Å². The van der Waals surface area contributed by atoms with Crippen molar-refractivity contribution in [3.05, 3.63) is 43.5 Å². The van der Waals surface area contributed by atoms with Crippen LogP contribution in [0.15, 0.2) is 28.7 Å². The predicted molar refractivity (Wildman–Crippen MR) is 85.2 cm³/mol. The molecule has 1 atom stereocenters. The summed E-state index contributed by atoms with van der Waals surface area (Å²) in [5.74, 6) is 1.21. The van der Waals surface area contributed by atoms with Gasteiger partial charge in [0.2, 0.25) is 0 Å². The highest BCUT2D eigenvalue weighted by Crippen LogP contribution is 2.37. The lowest BCUT2D eigenvalue weighted by Crippen LogP contribution is -2.03. The number of rotatable bonds is 5. The molecule has 0 bridgehead atoms. The first-order chi connectivity index (χ1) is 9.55. The molecule has 0 fully saturated rings. The first-order valence-corrected chi connectivity index (χ1v) is 7.87. The van der Waals surface area contributed by atoms with Crippen LogP contribution in [0.1, 0.15) is 16.5 Å². The monoisotopic (exact) mass is 376 g/mol. The van der Waals surface area contributed by atoms with Gasteiger partial charge in [0.05, 0.1) is 24.7 Å². The van der Waals surface area contributed by atoms with Crippen molar-refractivity contribution in [3.8, 4) is 11.5 Å². The minimum Gasteiger partial charge on any atom is -0.493 e. The van der Waals surface area contributed by atoms with Gasteiger partial charge in [-0.2, -0.15) is 0 Å². The van der Waals surface area contributed by atoms with E-state index in [0.29, 0.717) is 17.9 Å². The molecule has 1 aromatic heterocycles. The maximum atomic E-state index is 10.4. The Kier molecular flexibility index (Phi) is 5.32. The van der Waals surface area contributed by atoms with Gasteiger partial charge in [-0.15, -0.1) is 11.3 Å². The van der Waals surface area contributed by atoms with E-state index in [0.717, 1.165) is 19.2 Å². The molecule has 0 saturated heterocycles. The van der Waals surface area contributed by atoms with Gasteiger partial charge in [0.1, 0.15) is 0 Å². The summed E-state index contributed by atoms with van der Waals surface area (Å²) < 4.78 is 12.0. The Balaban J connectivity index is 2.27. The smallest absolute Gasteiger partial charge is 0.161 e. The number of aliphatic hydroxyl groups is 1. The summed E-state index contributed by atoms with van der Waals surface area (Å²) in [6.45, 7) is 0. The molecule has 1 heterocycles. The molecule has 0 aliphatic heterocycles. The minimum atomic E-state index is -0.640.